The summed E-state index contributed by atoms with van der Waals surface area (Å²) < 4.78 is 27.8. The maximum atomic E-state index is 13.4. The van der Waals surface area contributed by atoms with Gasteiger partial charge in [0.15, 0.2) is 0 Å². The monoisotopic (exact) mass is 562 g/mol. The third kappa shape index (κ3) is 5.96. The van der Waals surface area contributed by atoms with Gasteiger partial charge in [-0.2, -0.15) is 10.1 Å². The van der Waals surface area contributed by atoms with Gasteiger partial charge in [0, 0.05) is 10.6 Å². The van der Waals surface area contributed by atoms with Crippen molar-refractivity contribution in [2.24, 2.45) is 5.10 Å². The van der Waals surface area contributed by atoms with E-state index in [1.807, 2.05) is 48.5 Å². The summed E-state index contributed by atoms with van der Waals surface area (Å²) in [6.07, 6.45) is -0.00804. The van der Waals surface area contributed by atoms with Crippen molar-refractivity contribution in [3.63, 3.8) is 0 Å². The lowest BCUT2D eigenvalue weighted by Crippen LogP contribution is -2.33. The average Bonchev–Trinajstić information content (AvgIpc) is 3.60. The van der Waals surface area contributed by atoms with Crippen LogP contribution in [0.1, 0.15) is 17.2 Å². The smallest absolute Gasteiger partial charge is 0.271 e. The fourth-order valence-corrected chi connectivity index (χ4v) is 6.81. The van der Waals surface area contributed by atoms with Crippen molar-refractivity contribution < 1.29 is 18.0 Å². The minimum absolute atomic E-state index is 0.00804. The van der Waals surface area contributed by atoms with Gasteiger partial charge in [-0.1, -0.05) is 54.6 Å². The van der Waals surface area contributed by atoms with Crippen LogP contribution in [0.3, 0.4) is 0 Å². The Hall–Kier alpha value is -3.93. The number of amidine groups is 1. The van der Waals surface area contributed by atoms with Crippen LogP contribution in [0.15, 0.2) is 117 Å². The Bertz CT molecular complexity index is 1560. The molecule has 4 aromatic rings. The van der Waals surface area contributed by atoms with E-state index in [2.05, 4.69) is 15.1 Å². The van der Waals surface area contributed by atoms with Gasteiger partial charge < -0.3 is 5.32 Å². The number of hydrazone groups is 1. The van der Waals surface area contributed by atoms with Crippen LogP contribution < -0.4 is 15.0 Å². The molecule has 0 bridgehead atoms. The number of nitrogens with one attached hydrogen (secondary N) is 2. The molecule has 0 spiro atoms. The van der Waals surface area contributed by atoms with E-state index in [9.17, 15) is 18.0 Å². The predicted octanol–water partition coefficient (Wildman–Crippen LogP) is 5.25. The summed E-state index contributed by atoms with van der Waals surface area (Å²) >= 11 is 2.46. The molecule has 0 radical (unpaired) electrons. The third-order valence-electron chi connectivity index (χ3n) is 5.50. The first-order chi connectivity index (χ1) is 18.4. The van der Waals surface area contributed by atoms with Crippen LogP contribution in [-0.4, -0.2) is 26.1 Å². The number of hydrogen-bond donors (Lipinski definition) is 2. The highest BCUT2D eigenvalue weighted by Crippen LogP contribution is 2.36. The Kier molecular flexibility index (Phi) is 7.59. The molecular weight excluding hydrogens is 541 g/mol. The molecule has 2 heterocycles. The Morgan fingerprint density at radius 1 is 0.921 bits per heavy atom. The highest BCUT2D eigenvalue weighted by Gasteiger charge is 2.29. The molecule has 2 N–H and O–H groups in total. The van der Waals surface area contributed by atoms with Crippen molar-refractivity contribution in [3.05, 3.63) is 108 Å². The van der Waals surface area contributed by atoms with Crippen LogP contribution in [0, 0.1) is 0 Å². The zero-order valence-corrected chi connectivity index (χ0v) is 22.3. The van der Waals surface area contributed by atoms with Gasteiger partial charge in [-0.05, 0) is 53.4 Å². The molecule has 8 nitrogen and oxygen atoms in total. The maximum absolute atomic E-state index is 13.4. The molecule has 11 heteroatoms. The first-order valence-corrected chi connectivity index (χ1v) is 14.8. The highest BCUT2D eigenvalue weighted by molar-refractivity contribution is 8.00. The molecule has 5 rings (SSSR count). The highest BCUT2D eigenvalue weighted by atomic mass is 32.2. The number of rotatable bonds is 8. The third-order valence-corrected chi connectivity index (χ3v) is 9.55. The zero-order valence-electron chi connectivity index (χ0n) is 19.9. The Morgan fingerprint density at radius 2 is 1.61 bits per heavy atom. The van der Waals surface area contributed by atoms with Gasteiger partial charge in [-0.15, -0.1) is 23.1 Å². The van der Waals surface area contributed by atoms with Gasteiger partial charge in [-0.25, -0.2) is 8.42 Å². The molecule has 1 unspecified atom stereocenters. The first-order valence-electron chi connectivity index (χ1n) is 11.5. The van der Waals surface area contributed by atoms with E-state index in [1.165, 1.54) is 16.8 Å². The molecule has 1 aliphatic rings. The van der Waals surface area contributed by atoms with Crippen molar-refractivity contribution >= 4 is 62.1 Å². The molecule has 1 atom stereocenters. The van der Waals surface area contributed by atoms with Crippen LogP contribution >= 0.6 is 23.1 Å². The number of thiophene rings is 1. The Morgan fingerprint density at radius 3 is 2.26 bits per heavy atom. The van der Waals surface area contributed by atoms with E-state index in [1.54, 1.807) is 53.9 Å². The normalized spacial score (nSPS) is 14.2. The summed E-state index contributed by atoms with van der Waals surface area (Å²) in [5.41, 5.74) is 1.83. The largest absolute Gasteiger partial charge is 0.311 e. The number of carbonyl (C=O) groups is 2. The number of carbonyl (C=O) groups excluding carboxylic acids is 2. The fourth-order valence-electron chi connectivity index (χ4n) is 3.74. The summed E-state index contributed by atoms with van der Waals surface area (Å²) in [6.45, 7) is 0. The van der Waals surface area contributed by atoms with Gasteiger partial charge in [0.05, 0.1) is 12.1 Å². The average molecular weight is 563 g/mol. The summed E-state index contributed by atoms with van der Waals surface area (Å²) in [5.74, 6) is -0.259. The van der Waals surface area contributed by atoms with Crippen LogP contribution in [0.5, 0.6) is 0 Å². The predicted molar refractivity (Wildman–Crippen MR) is 151 cm³/mol. The molecule has 1 aromatic heterocycles. The summed E-state index contributed by atoms with van der Waals surface area (Å²) in [7, 11) is -3.65. The molecule has 3 aromatic carbocycles. The van der Waals surface area contributed by atoms with Gasteiger partial charge in [0.2, 0.25) is 5.91 Å². The number of thioether (sulfide) groups is 1. The van der Waals surface area contributed by atoms with Crippen LogP contribution in [0.4, 0.5) is 11.4 Å². The number of nitrogens with zero attached hydrogens (tertiary/aromatic N) is 2. The quantitative estimate of drug-likeness (QED) is 0.285. The van der Waals surface area contributed by atoms with Gasteiger partial charge in [0.25, 0.3) is 15.9 Å². The second-order valence-electron chi connectivity index (χ2n) is 8.22. The zero-order chi connectivity index (χ0) is 26.5. The van der Waals surface area contributed by atoms with E-state index in [-0.39, 0.29) is 28.3 Å². The van der Waals surface area contributed by atoms with Gasteiger partial charge in [-0.3, -0.25) is 14.3 Å². The lowest BCUT2D eigenvalue weighted by molar-refractivity contribution is -0.119. The number of para-hydroxylation sites is 1. The number of hydrogen-bond acceptors (Lipinski definition) is 7. The number of sulfonamides is 1. The number of benzene rings is 3. The molecule has 38 heavy (non-hydrogen) atoms. The van der Waals surface area contributed by atoms with E-state index in [0.29, 0.717) is 11.4 Å². The van der Waals surface area contributed by atoms with Crippen molar-refractivity contribution in [1.29, 1.82) is 0 Å². The number of amides is 2. The fraction of sp³-hybridized carbons (Fsp3) is 0.0741. The molecule has 2 amide bonds. The van der Waals surface area contributed by atoms with Crippen molar-refractivity contribution in [3.8, 4) is 0 Å². The molecule has 0 aliphatic carbocycles. The first kappa shape index (κ1) is 25.7. The van der Waals surface area contributed by atoms with Crippen LogP contribution in [-0.2, 0) is 19.6 Å². The maximum Gasteiger partial charge on any atom is 0.271 e. The SMILES string of the molecule is O=C(NC1=NN(c2ccccc2)C(=O)C1)C(Sc1ccc(NS(=O)(=O)c2cccs2)cc1)c1ccccc1. The van der Waals surface area contributed by atoms with E-state index >= 15 is 0 Å². The summed E-state index contributed by atoms with van der Waals surface area (Å²) in [4.78, 5) is 26.7. The minimum Gasteiger partial charge on any atom is -0.311 e. The standard InChI is InChI=1S/C27H22N4O4S3/c32-24-18-23(29-31(24)21-10-5-2-6-11-21)28-27(33)26(19-8-3-1-4-9-19)37-22-15-13-20(14-16-22)30-38(34,35)25-12-7-17-36-25/h1-17,26,30H,18H2,(H,28,29,33). The summed E-state index contributed by atoms with van der Waals surface area (Å²) in [5, 5.41) is 9.51. The second-order valence-corrected chi connectivity index (χ2v) is 12.3. The molecule has 0 fully saturated rings. The molecule has 192 valence electrons. The summed E-state index contributed by atoms with van der Waals surface area (Å²) in [6, 6.07) is 28.4. The van der Waals surface area contributed by atoms with Crippen LogP contribution in [0.25, 0.3) is 0 Å². The van der Waals surface area contributed by atoms with E-state index in [4.69, 9.17) is 0 Å². The number of anilines is 2. The van der Waals surface area contributed by atoms with Crippen molar-refractivity contribution in [2.75, 3.05) is 9.73 Å². The Labute approximate surface area is 228 Å². The van der Waals surface area contributed by atoms with E-state index in [0.717, 1.165) is 21.8 Å². The van der Waals surface area contributed by atoms with E-state index < -0.39 is 15.3 Å². The Balaban J connectivity index is 1.32. The minimum atomic E-state index is -3.65. The van der Waals surface area contributed by atoms with Crippen molar-refractivity contribution in [1.82, 2.24) is 5.32 Å². The molecule has 1 aliphatic heterocycles. The second kappa shape index (κ2) is 11.2. The molecule has 0 saturated heterocycles. The van der Waals surface area contributed by atoms with Crippen molar-refractivity contribution in [2.45, 2.75) is 20.8 Å². The lowest BCUT2D eigenvalue weighted by Gasteiger charge is -2.17. The molecular formula is C27H22N4O4S3. The topological polar surface area (TPSA) is 108 Å². The lowest BCUT2D eigenvalue weighted by atomic mass is 10.1. The molecule has 0 saturated carbocycles. The van der Waals surface area contributed by atoms with Crippen LogP contribution in [0.2, 0.25) is 0 Å². The van der Waals surface area contributed by atoms with Gasteiger partial charge >= 0.3 is 0 Å². The van der Waals surface area contributed by atoms with Gasteiger partial charge in [0.1, 0.15) is 15.3 Å².